The Morgan fingerprint density at radius 1 is 1.10 bits per heavy atom. The summed E-state index contributed by atoms with van der Waals surface area (Å²) in [6.07, 6.45) is 7.46. The highest BCUT2D eigenvalue weighted by atomic mass is 16.4. The van der Waals surface area contributed by atoms with E-state index in [-0.39, 0.29) is 11.3 Å². The Morgan fingerprint density at radius 3 is 2.58 bits per heavy atom. The van der Waals surface area contributed by atoms with Gasteiger partial charge in [-0.25, -0.2) is 15.0 Å². The molecular formula is C30H38N8O2. The van der Waals surface area contributed by atoms with Gasteiger partial charge in [-0.1, -0.05) is 26.8 Å². The van der Waals surface area contributed by atoms with Gasteiger partial charge in [0.05, 0.1) is 0 Å². The highest BCUT2D eigenvalue weighted by molar-refractivity contribution is 6.07. The Morgan fingerprint density at radius 2 is 1.88 bits per heavy atom. The van der Waals surface area contributed by atoms with Crippen LogP contribution >= 0.6 is 0 Å². The maximum atomic E-state index is 13.5. The summed E-state index contributed by atoms with van der Waals surface area (Å²) in [5, 5.41) is 9.89. The number of imidazole rings is 1. The summed E-state index contributed by atoms with van der Waals surface area (Å²) in [5.41, 5.74) is 2.80. The van der Waals surface area contributed by atoms with Crippen LogP contribution in [0, 0.1) is 6.92 Å². The van der Waals surface area contributed by atoms with Crippen LogP contribution in [0.15, 0.2) is 53.5 Å². The van der Waals surface area contributed by atoms with Gasteiger partial charge in [-0.15, -0.1) is 0 Å². The third-order valence-electron chi connectivity index (χ3n) is 6.96. The van der Waals surface area contributed by atoms with Crippen molar-refractivity contribution < 1.29 is 9.21 Å². The number of hydrogen-bond acceptors (Lipinski definition) is 8. The molecule has 4 aromatic rings. The summed E-state index contributed by atoms with van der Waals surface area (Å²) in [6.45, 7) is 13.8. The van der Waals surface area contributed by atoms with Crippen molar-refractivity contribution in [1.29, 1.82) is 0 Å². The lowest BCUT2D eigenvalue weighted by Crippen LogP contribution is -2.24. The van der Waals surface area contributed by atoms with Gasteiger partial charge < -0.3 is 25.3 Å². The van der Waals surface area contributed by atoms with Crippen molar-refractivity contribution in [2.75, 3.05) is 33.9 Å². The predicted octanol–water partition coefficient (Wildman–Crippen LogP) is 6.28. The summed E-state index contributed by atoms with van der Waals surface area (Å²) in [4.78, 5) is 28.9. The molecule has 3 heterocycles. The van der Waals surface area contributed by atoms with E-state index in [2.05, 4.69) is 70.4 Å². The van der Waals surface area contributed by atoms with Crippen LogP contribution in [-0.2, 0) is 5.41 Å². The first-order valence-electron chi connectivity index (χ1n) is 13.9. The number of nitrogens with one attached hydrogen (secondary N) is 3. The average molecular weight is 543 g/mol. The lowest BCUT2D eigenvalue weighted by atomic mass is 9.93. The number of hydrogen-bond donors (Lipinski definition) is 3. The molecule has 0 unspecified atom stereocenters. The first kappa shape index (κ1) is 27.2. The topological polar surface area (TPSA) is 113 Å². The molecule has 1 aliphatic rings. The number of benzene rings is 1. The molecule has 0 spiro atoms. The van der Waals surface area contributed by atoms with Gasteiger partial charge in [-0.2, -0.15) is 0 Å². The largest absolute Gasteiger partial charge is 0.444 e. The standard InChI is InChI=1S/C30H38N8O2/c1-7-37(8-2)28-22(16-24(40-28)30(4,5)6)27(39)35-21-10-9-19(3)23(15-21)36-29-31-13-14-38(29)26-17-25(32-18-33-26)34-20-11-12-20/h9-10,13-18,20H,7-8,11-12H2,1-6H3,(H,31,36)(H,35,39)(H,32,33,34). The van der Waals surface area contributed by atoms with Crippen LogP contribution in [0.4, 0.5) is 29.0 Å². The summed E-state index contributed by atoms with van der Waals surface area (Å²) >= 11 is 0. The molecule has 0 atom stereocenters. The van der Waals surface area contributed by atoms with Gasteiger partial charge in [0.2, 0.25) is 11.8 Å². The van der Waals surface area contributed by atoms with Crippen LogP contribution in [0.1, 0.15) is 69.1 Å². The molecular weight excluding hydrogens is 504 g/mol. The van der Waals surface area contributed by atoms with E-state index in [0.717, 1.165) is 35.9 Å². The van der Waals surface area contributed by atoms with Crippen LogP contribution in [-0.4, -0.2) is 44.6 Å². The normalized spacial score (nSPS) is 13.2. The summed E-state index contributed by atoms with van der Waals surface area (Å²) in [7, 11) is 0. The maximum absolute atomic E-state index is 13.5. The van der Waals surface area contributed by atoms with Crippen molar-refractivity contribution in [2.45, 2.75) is 65.8 Å². The Balaban J connectivity index is 1.38. The van der Waals surface area contributed by atoms with Crippen molar-refractivity contribution in [3.8, 4) is 5.82 Å². The molecule has 1 aliphatic carbocycles. The van der Waals surface area contributed by atoms with Crippen LogP contribution in [0.5, 0.6) is 0 Å². The van der Waals surface area contributed by atoms with Gasteiger partial charge in [0.15, 0.2) is 0 Å². The van der Waals surface area contributed by atoms with Gasteiger partial charge in [-0.05, 0) is 57.4 Å². The minimum atomic E-state index is -0.221. The average Bonchev–Trinajstić information content (AvgIpc) is 3.41. The lowest BCUT2D eigenvalue weighted by Gasteiger charge is -2.20. The quantitative estimate of drug-likeness (QED) is 0.215. The Hall–Kier alpha value is -4.34. The second kappa shape index (κ2) is 11.0. The minimum absolute atomic E-state index is 0.214. The van der Waals surface area contributed by atoms with Crippen molar-refractivity contribution in [1.82, 2.24) is 19.5 Å². The van der Waals surface area contributed by atoms with Gasteiger partial charge in [0, 0.05) is 54.4 Å². The summed E-state index contributed by atoms with van der Waals surface area (Å²) in [6, 6.07) is 10.0. The molecule has 10 nitrogen and oxygen atoms in total. The number of furan rings is 1. The molecule has 1 aromatic carbocycles. The molecule has 0 saturated heterocycles. The fourth-order valence-corrected chi connectivity index (χ4v) is 4.39. The van der Waals surface area contributed by atoms with Crippen molar-refractivity contribution >= 4 is 34.9 Å². The lowest BCUT2D eigenvalue weighted by molar-refractivity contribution is 0.102. The Bertz CT molecular complexity index is 1490. The van der Waals surface area contributed by atoms with Crippen molar-refractivity contribution in [2.24, 2.45) is 0 Å². The second-order valence-corrected chi connectivity index (χ2v) is 11.2. The van der Waals surface area contributed by atoms with E-state index in [1.807, 2.05) is 48.0 Å². The molecule has 1 saturated carbocycles. The first-order chi connectivity index (χ1) is 19.2. The number of aryl methyl sites for hydroxylation is 1. The zero-order valence-corrected chi connectivity index (χ0v) is 24.1. The molecule has 210 valence electrons. The third kappa shape index (κ3) is 5.95. The molecule has 40 heavy (non-hydrogen) atoms. The van der Waals surface area contributed by atoms with Gasteiger partial charge >= 0.3 is 0 Å². The zero-order chi connectivity index (χ0) is 28.4. The third-order valence-corrected chi connectivity index (χ3v) is 6.96. The molecule has 10 heteroatoms. The highest BCUT2D eigenvalue weighted by Crippen LogP contribution is 2.34. The van der Waals surface area contributed by atoms with Crippen LogP contribution < -0.4 is 20.9 Å². The van der Waals surface area contributed by atoms with Gasteiger partial charge in [0.25, 0.3) is 5.91 Å². The van der Waals surface area contributed by atoms with E-state index in [0.29, 0.717) is 34.9 Å². The Labute approximate surface area is 235 Å². The molecule has 3 N–H and O–H groups in total. The number of nitrogens with zero attached hydrogens (tertiary/aromatic N) is 5. The van der Waals surface area contributed by atoms with E-state index in [9.17, 15) is 4.79 Å². The predicted molar refractivity (Wildman–Crippen MR) is 159 cm³/mol. The molecule has 1 fully saturated rings. The van der Waals surface area contributed by atoms with E-state index in [1.54, 1.807) is 12.5 Å². The fourth-order valence-electron chi connectivity index (χ4n) is 4.39. The number of carbonyl (C=O) groups excluding carboxylic acids is 1. The monoisotopic (exact) mass is 542 g/mol. The van der Waals surface area contributed by atoms with E-state index in [1.165, 1.54) is 12.8 Å². The Kier molecular flexibility index (Phi) is 7.51. The summed E-state index contributed by atoms with van der Waals surface area (Å²) in [5.74, 6) is 3.27. The van der Waals surface area contributed by atoms with E-state index >= 15 is 0 Å². The fraction of sp³-hybridized carbons (Fsp3) is 0.400. The summed E-state index contributed by atoms with van der Waals surface area (Å²) < 4.78 is 8.09. The van der Waals surface area contributed by atoms with Crippen LogP contribution in [0.25, 0.3) is 5.82 Å². The van der Waals surface area contributed by atoms with E-state index < -0.39 is 0 Å². The van der Waals surface area contributed by atoms with E-state index in [4.69, 9.17) is 4.42 Å². The first-order valence-corrected chi connectivity index (χ1v) is 13.9. The van der Waals surface area contributed by atoms with Gasteiger partial charge in [0.1, 0.15) is 29.3 Å². The second-order valence-electron chi connectivity index (χ2n) is 11.2. The minimum Gasteiger partial charge on any atom is -0.444 e. The molecule has 0 radical (unpaired) electrons. The number of carbonyl (C=O) groups is 1. The number of aromatic nitrogens is 4. The van der Waals surface area contributed by atoms with Gasteiger partial charge in [-0.3, -0.25) is 9.36 Å². The molecule has 0 aliphatic heterocycles. The van der Waals surface area contributed by atoms with Crippen molar-refractivity contribution in [3.63, 3.8) is 0 Å². The van der Waals surface area contributed by atoms with Crippen LogP contribution in [0.2, 0.25) is 0 Å². The molecule has 5 rings (SSSR count). The molecule has 3 aromatic heterocycles. The SMILES string of the molecule is CCN(CC)c1oc(C(C)(C)C)cc1C(=O)Nc1ccc(C)c(Nc2nccn2-c2cc(NC3CC3)ncn2)c1. The smallest absolute Gasteiger partial charge is 0.261 e. The maximum Gasteiger partial charge on any atom is 0.261 e. The number of amides is 1. The molecule has 1 amide bonds. The zero-order valence-electron chi connectivity index (χ0n) is 24.1. The number of rotatable bonds is 10. The highest BCUT2D eigenvalue weighted by Gasteiger charge is 2.27. The van der Waals surface area contributed by atoms with Crippen molar-refractivity contribution in [3.05, 3.63) is 65.9 Å². The molecule has 0 bridgehead atoms. The van der Waals surface area contributed by atoms with Crippen LogP contribution in [0.3, 0.4) is 0 Å². The number of anilines is 5.